The van der Waals surface area contributed by atoms with Crippen LogP contribution in [0, 0.1) is 0 Å². The zero-order chi connectivity index (χ0) is 39.8. The fourth-order valence-corrected chi connectivity index (χ4v) is 8.49. The van der Waals surface area contributed by atoms with E-state index in [9.17, 15) is 0 Å². The smallest absolute Gasteiger partial charge is 0.0717 e. The van der Waals surface area contributed by atoms with E-state index in [4.69, 9.17) is 0 Å². The van der Waals surface area contributed by atoms with Gasteiger partial charge in [-0.25, -0.2) is 0 Å². The van der Waals surface area contributed by atoms with Gasteiger partial charge in [-0.05, 0) is 118 Å². The largest absolute Gasteiger partial charge is 0.311 e. The minimum Gasteiger partial charge on any atom is -0.311 e. The van der Waals surface area contributed by atoms with Gasteiger partial charge in [-0.2, -0.15) is 0 Å². The number of rotatable bonds is 9. The molecule has 0 bridgehead atoms. The van der Waals surface area contributed by atoms with Gasteiger partial charge in [0.15, 0.2) is 0 Å². The molecule has 2 aromatic heterocycles. The third-order valence-corrected chi connectivity index (χ3v) is 11.5. The van der Waals surface area contributed by atoms with Crippen LogP contribution in [0.2, 0.25) is 0 Å². The Morgan fingerprint density at radius 1 is 0.400 bits per heavy atom. The average molecular weight is 767 g/mol. The van der Waals surface area contributed by atoms with E-state index in [0.29, 0.717) is 0 Å². The van der Waals surface area contributed by atoms with Crippen molar-refractivity contribution in [3.63, 3.8) is 0 Å². The van der Waals surface area contributed by atoms with Crippen LogP contribution in [-0.2, 0) is 0 Å². The fourth-order valence-electron chi connectivity index (χ4n) is 8.49. The number of anilines is 3. The molecule has 3 heterocycles. The highest BCUT2D eigenvalue weighted by molar-refractivity contribution is 6.15. The summed E-state index contributed by atoms with van der Waals surface area (Å²) in [5.41, 5.74) is 18.2. The number of benzene rings is 8. The zero-order valence-corrected chi connectivity index (χ0v) is 32.7. The summed E-state index contributed by atoms with van der Waals surface area (Å²) in [4.78, 5) is 11.0. The topological polar surface area (TPSA) is 33.4 Å². The van der Waals surface area contributed by atoms with E-state index < -0.39 is 0 Å². The molecule has 11 rings (SSSR count). The molecule has 0 unspecified atom stereocenters. The molecule has 282 valence electrons. The normalized spacial score (nSPS) is 12.0. The predicted molar refractivity (Wildman–Crippen MR) is 251 cm³/mol. The predicted octanol–water partition coefficient (Wildman–Crippen LogP) is 14.6. The quantitative estimate of drug-likeness (QED) is 0.147. The molecule has 0 radical (unpaired) electrons. The third kappa shape index (κ3) is 6.37. The minimum atomic E-state index is 1.01. The number of pyridine rings is 1. The van der Waals surface area contributed by atoms with Gasteiger partial charge in [-0.3, -0.25) is 9.98 Å². The highest BCUT2D eigenvalue weighted by Gasteiger charge is 2.19. The van der Waals surface area contributed by atoms with Gasteiger partial charge in [0.2, 0.25) is 0 Å². The molecule has 4 nitrogen and oxygen atoms in total. The molecule has 0 fully saturated rings. The van der Waals surface area contributed by atoms with Crippen molar-refractivity contribution in [1.29, 1.82) is 0 Å². The molecule has 4 heteroatoms. The first-order valence-electron chi connectivity index (χ1n) is 20.3. The summed E-state index contributed by atoms with van der Waals surface area (Å²) in [7, 11) is 0. The Kier molecular flexibility index (Phi) is 8.79. The molecule has 10 aromatic rings. The summed E-state index contributed by atoms with van der Waals surface area (Å²) in [5.74, 6) is 0. The summed E-state index contributed by atoms with van der Waals surface area (Å²) in [6.45, 7) is 0. The van der Waals surface area contributed by atoms with Crippen LogP contribution in [0.3, 0.4) is 0 Å². The maximum absolute atomic E-state index is 4.40. The number of hydrogen-bond donors (Lipinski definition) is 0. The van der Waals surface area contributed by atoms with Gasteiger partial charge in [-0.1, -0.05) is 133 Å². The van der Waals surface area contributed by atoms with Crippen molar-refractivity contribution < 1.29 is 0 Å². The van der Waals surface area contributed by atoms with Crippen LogP contribution < -0.4 is 4.90 Å². The van der Waals surface area contributed by atoms with Crippen molar-refractivity contribution >= 4 is 44.6 Å². The molecule has 60 heavy (non-hydrogen) atoms. The van der Waals surface area contributed by atoms with E-state index in [1.54, 1.807) is 6.20 Å². The van der Waals surface area contributed by atoms with Crippen LogP contribution in [0.15, 0.2) is 236 Å². The standard InChI is InChI=1S/C56H38N4/c1-3-10-39(11-4-1)46-36-52(56-53(37-46)51-15-7-8-16-55(51)60(56)47-13-5-2-6-14-47)43-19-17-40(18-20-43)41-21-27-48(28-22-41)59(50-31-25-44(26-32-50)54-33-35-58-54)49-29-23-42(24-30-49)45-12-9-34-57-38-45/h1-38H. The maximum atomic E-state index is 4.40. The lowest BCUT2D eigenvalue weighted by Crippen LogP contribution is -2.10. The highest BCUT2D eigenvalue weighted by Crippen LogP contribution is 2.42. The Labute approximate surface area is 349 Å². The molecule has 0 N–H and O–H groups in total. The Bertz CT molecular complexity index is 3180. The lowest BCUT2D eigenvalue weighted by molar-refractivity contribution is 1.18. The van der Waals surface area contributed by atoms with Crippen molar-refractivity contribution in [3.8, 4) is 50.2 Å². The van der Waals surface area contributed by atoms with Gasteiger partial charge >= 0.3 is 0 Å². The molecule has 1 aliphatic rings. The Morgan fingerprint density at radius 2 is 0.917 bits per heavy atom. The monoisotopic (exact) mass is 766 g/mol. The van der Waals surface area contributed by atoms with E-state index >= 15 is 0 Å². The molecule has 1 aliphatic heterocycles. The summed E-state index contributed by atoms with van der Waals surface area (Å²) in [5, 5.41) is 2.48. The Morgan fingerprint density at radius 3 is 1.52 bits per heavy atom. The Balaban J connectivity index is 0.974. The summed E-state index contributed by atoms with van der Waals surface area (Å²) >= 11 is 0. The highest BCUT2D eigenvalue weighted by atomic mass is 15.1. The Hall–Kier alpha value is -8.08. The molecule has 0 amide bonds. The van der Waals surface area contributed by atoms with E-state index in [2.05, 4.69) is 220 Å². The number of aromatic nitrogens is 2. The lowest BCUT2D eigenvalue weighted by Gasteiger charge is -2.26. The van der Waals surface area contributed by atoms with Gasteiger partial charge in [0.05, 0.1) is 16.7 Å². The van der Waals surface area contributed by atoms with E-state index in [1.807, 2.05) is 24.5 Å². The van der Waals surface area contributed by atoms with Crippen LogP contribution in [0.1, 0.15) is 5.56 Å². The second-order valence-corrected chi connectivity index (χ2v) is 15.1. The lowest BCUT2D eigenvalue weighted by atomic mass is 9.94. The number of nitrogens with zero attached hydrogens (tertiary/aromatic N) is 4. The number of aliphatic imine (C=N–C) groups is 1. The van der Waals surface area contributed by atoms with Crippen LogP contribution in [0.25, 0.3) is 72.0 Å². The van der Waals surface area contributed by atoms with E-state index in [1.165, 1.54) is 44.1 Å². The molecule has 0 spiro atoms. The number of allylic oxidation sites excluding steroid dienone is 1. The molecular weight excluding hydrogens is 729 g/mol. The maximum Gasteiger partial charge on any atom is 0.0717 e. The van der Waals surface area contributed by atoms with Crippen molar-refractivity contribution in [2.45, 2.75) is 0 Å². The van der Waals surface area contributed by atoms with E-state index in [0.717, 1.165) is 56.3 Å². The van der Waals surface area contributed by atoms with Gasteiger partial charge < -0.3 is 9.47 Å². The fraction of sp³-hybridized carbons (Fsp3) is 0. The van der Waals surface area contributed by atoms with Crippen molar-refractivity contribution in [3.05, 3.63) is 236 Å². The third-order valence-electron chi connectivity index (χ3n) is 11.5. The van der Waals surface area contributed by atoms with Crippen molar-refractivity contribution in [2.24, 2.45) is 4.99 Å². The average Bonchev–Trinajstić information content (AvgIpc) is 3.65. The van der Waals surface area contributed by atoms with E-state index in [-0.39, 0.29) is 0 Å². The van der Waals surface area contributed by atoms with Crippen LogP contribution in [0.5, 0.6) is 0 Å². The number of hydrogen-bond acceptors (Lipinski definition) is 3. The van der Waals surface area contributed by atoms with Gasteiger partial charge in [0, 0.05) is 63.2 Å². The first kappa shape index (κ1) is 35.1. The molecule has 0 atom stereocenters. The van der Waals surface area contributed by atoms with Crippen molar-refractivity contribution in [2.75, 3.05) is 4.90 Å². The van der Waals surface area contributed by atoms with Crippen molar-refractivity contribution in [1.82, 2.24) is 9.55 Å². The first-order chi connectivity index (χ1) is 29.7. The zero-order valence-electron chi connectivity index (χ0n) is 32.7. The summed E-state index contributed by atoms with van der Waals surface area (Å²) in [6.07, 6.45) is 7.59. The minimum absolute atomic E-state index is 1.01. The van der Waals surface area contributed by atoms with Crippen LogP contribution in [0.4, 0.5) is 17.1 Å². The number of para-hydroxylation sites is 2. The van der Waals surface area contributed by atoms with Gasteiger partial charge in [-0.15, -0.1) is 0 Å². The summed E-state index contributed by atoms with van der Waals surface area (Å²) in [6, 6.07) is 74.3. The second kappa shape index (κ2) is 15.0. The number of fused-ring (bicyclic) bond motifs is 3. The van der Waals surface area contributed by atoms with Crippen LogP contribution in [-0.4, -0.2) is 15.3 Å². The molecule has 0 saturated heterocycles. The first-order valence-corrected chi connectivity index (χ1v) is 20.3. The van der Waals surface area contributed by atoms with Gasteiger partial charge in [0.25, 0.3) is 0 Å². The SMILES string of the molecule is C1=CC(c2ccc(N(c3ccc(-c4ccc(-c5cc(-c6ccccc6)cc6c7ccccc7n(-c7ccccc7)c56)cc4)cc3)c3ccc(-c4cccnc4)cc3)cc2)=N1. The molecular formula is C56H38N4. The molecule has 8 aromatic carbocycles. The van der Waals surface area contributed by atoms with Gasteiger partial charge in [0.1, 0.15) is 0 Å². The second-order valence-electron chi connectivity index (χ2n) is 15.1. The van der Waals surface area contributed by atoms with Crippen LogP contribution >= 0.6 is 0 Å². The molecule has 0 aliphatic carbocycles. The summed E-state index contributed by atoms with van der Waals surface area (Å²) < 4.78 is 2.42. The molecule has 0 saturated carbocycles.